The molecule has 2 atom stereocenters. The Morgan fingerprint density at radius 2 is 2.00 bits per heavy atom. The van der Waals surface area contributed by atoms with Gasteiger partial charge in [0.05, 0.1) is 6.04 Å². The number of aryl methyl sites for hydroxylation is 1. The molecule has 110 valence electrons. The van der Waals surface area contributed by atoms with E-state index in [-0.39, 0.29) is 17.7 Å². The van der Waals surface area contributed by atoms with Gasteiger partial charge in [-0.15, -0.1) is 0 Å². The zero-order valence-corrected chi connectivity index (χ0v) is 12.5. The van der Waals surface area contributed by atoms with Gasteiger partial charge in [0.2, 0.25) is 5.91 Å². The molecule has 0 aliphatic carbocycles. The summed E-state index contributed by atoms with van der Waals surface area (Å²) in [6, 6.07) is 4.63. The third kappa shape index (κ3) is 3.81. The topological polar surface area (TPSA) is 84.2 Å². The van der Waals surface area contributed by atoms with E-state index in [1.807, 2.05) is 20.8 Å². The number of benzene rings is 1. The van der Waals surface area contributed by atoms with Crippen molar-refractivity contribution in [1.29, 1.82) is 0 Å². The van der Waals surface area contributed by atoms with Gasteiger partial charge in [0.15, 0.2) is 0 Å². The van der Waals surface area contributed by atoms with Gasteiger partial charge in [-0.05, 0) is 30.5 Å². The Morgan fingerprint density at radius 3 is 2.55 bits per heavy atom. The molecule has 0 saturated heterocycles. The van der Waals surface area contributed by atoms with Crippen molar-refractivity contribution in [3.63, 3.8) is 0 Å². The van der Waals surface area contributed by atoms with E-state index in [4.69, 9.17) is 5.73 Å². The van der Waals surface area contributed by atoms with Crippen molar-refractivity contribution in [3.05, 3.63) is 29.3 Å². The lowest BCUT2D eigenvalue weighted by Crippen LogP contribution is -2.40. The molecule has 0 aromatic heterocycles. The third-order valence-corrected chi connectivity index (χ3v) is 3.54. The van der Waals surface area contributed by atoms with Gasteiger partial charge in [-0.1, -0.05) is 26.3 Å². The molecule has 0 heterocycles. The van der Waals surface area contributed by atoms with Crippen molar-refractivity contribution in [2.45, 2.75) is 33.2 Å². The number of carbonyl (C=O) groups excluding carboxylic acids is 2. The van der Waals surface area contributed by atoms with E-state index in [0.717, 1.165) is 12.0 Å². The average molecular weight is 277 g/mol. The van der Waals surface area contributed by atoms with Crippen LogP contribution in [0.4, 0.5) is 5.69 Å². The molecule has 1 rings (SSSR count). The first-order valence-electron chi connectivity index (χ1n) is 6.79. The fraction of sp³-hybridized carbons (Fsp3) is 0.467. The minimum absolute atomic E-state index is 0.109. The Kier molecular flexibility index (Phi) is 5.70. The average Bonchev–Trinajstić information content (AvgIpc) is 2.46. The molecule has 2 amide bonds. The van der Waals surface area contributed by atoms with Crippen molar-refractivity contribution in [3.8, 4) is 0 Å². The van der Waals surface area contributed by atoms with Crippen molar-refractivity contribution in [1.82, 2.24) is 5.32 Å². The standard InChI is InChI=1S/C15H23N3O2/c1-5-9(2)13(16)15(20)18-12-8-11(14(19)17-4)7-6-10(12)3/h6-9,13H,5,16H2,1-4H3,(H,17,19)(H,18,20)/t9?,13-/m0/s1. The second-order valence-electron chi connectivity index (χ2n) is 5.01. The molecule has 5 nitrogen and oxygen atoms in total. The highest BCUT2D eigenvalue weighted by Crippen LogP contribution is 2.18. The number of anilines is 1. The predicted octanol–water partition coefficient (Wildman–Crippen LogP) is 1.67. The van der Waals surface area contributed by atoms with Gasteiger partial charge in [0.1, 0.15) is 0 Å². The molecule has 5 heteroatoms. The predicted molar refractivity (Wildman–Crippen MR) is 80.6 cm³/mol. The number of hydrogen-bond donors (Lipinski definition) is 3. The molecule has 0 spiro atoms. The Morgan fingerprint density at radius 1 is 1.35 bits per heavy atom. The van der Waals surface area contributed by atoms with Crippen LogP contribution in [-0.2, 0) is 4.79 Å². The lowest BCUT2D eigenvalue weighted by atomic mass is 9.99. The van der Waals surface area contributed by atoms with E-state index in [9.17, 15) is 9.59 Å². The van der Waals surface area contributed by atoms with Crippen LogP contribution in [0.3, 0.4) is 0 Å². The highest BCUT2D eigenvalue weighted by molar-refractivity contribution is 5.99. The summed E-state index contributed by atoms with van der Waals surface area (Å²) in [4.78, 5) is 23.7. The molecule has 0 bridgehead atoms. The molecular weight excluding hydrogens is 254 g/mol. The molecule has 1 unspecified atom stereocenters. The summed E-state index contributed by atoms with van der Waals surface area (Å²) in [5.74, 6) is -0.305. The van der Waals surface area contributed by atoms with Crippen molar-refractivity contribution in [2.24, 2.45) is 11.7 Å². The highest BCUT2D eigenvalue weighted by Gasteiger charge is 2.20. The van der Waals surface area contributed by atoms with E-state index in [0.29, 0.717) is 11.3 Å². The van der Waals surface area contributed by atoms with Gasteiger partial charge in [-0.2, -0.15) is 0 Å². The van der Waals surface area contributed by atoms with Crippen LogP contribution in [0.1, 0.15) is 36.2 Å². The summed E-state index contributed by atoms with van der Waals surface area (Å²) >= 11 is 0. The van der Waals surface area contributed by atoms with E-state index < -0.39 is 6.04 Å². The number of nitrogens with two attached hydrogens (primary N) is 1. The Hall–Kier alpha value is -1.88. The van der Waals surface area contributed by atoms with Crippen LogP contribution in [-0.4, -0.2) is 24.9 Å². The molecular formula is C15H23N3O2. The second kappa shape index (κ2) is 7.05. The molecule has 4 N–H and O–H groups in total. The van der Waals surface area contributed by atoms with Gasteiger partial charge in [-0.25, -0.2) is 0 Å². The molecule has 0 fully saturated rings. The van der Waals surface area contributed by atoms with Crippen LogP contribution >= 0.6 is 0 Å². The van der Waals surface area contributed by atoms with Crippen molar-refractivity contribution in [2.75, 3.05) is 12.4 Å². The number of nitrogens with one attached hydrogen (secondary N) is 2. The summed E-state index contributed by atoms with van der Waals surface area (Å²) in [5.41, 5.74) is 7.92. The van der Waals surface area contributed by atoms with Crippen LogP contribution in [0, 0.1) is 12.8 Å². The molecule has 20 heavy (non-hydrogen) atoms. The first-order valence-corrected chi connectivity index (χ1v) is 6.79. The molecule has 0 aliphatic heterocycles. The maximum atomic E-state index is 12.1. The molecule has 0 aliphatic rings. The van der Waals surface area contributed by atoms with E-state index in [2.05, 4.69) is 10.6 Å². The number of hydrogen-bond acceptors (Lipinski definition) is 3. The van der Waals surface area contributed by atoms with Gasteiger partial charge >= 0.3 is 0 Å². The number of rotatable bonds is 5. The minimum atomic E-state index is -0.553. The van der Waals surface area contributed by atoms with Crippen LogP contribution in [0.15, 0.2) is 18.2 Å². The molecule has 1 aromatic carbocycles. The Balaban J connectivity index is 2.91. The minimum Gasteiger partial charge on any atom is -0.355 e. The molecule has 0 radical (unpaired) electrons. The van der Waals surface area contributed by atoms with Gasteiger partial charge < -0.3 is 16.4 Å². The Bertz CT molecular complexity index is 500. The third-order valence-electron chi connectivity index (χ3n) is 3.54. The first kappa shape index (κ1) is 16.2. The summed E-state index contributed by atoms with van der Waals surface area (Å²) in [7, 11) is 1.57. The molecule has 0 saturated carbocycles. The maximum absolute atomic E-state index is 12.1. The largest absolute Gasteiger partial charge is 0.355 e. The van der Waals surface area contributed by atoms with Gasteiger partial charge in [0.25, 0.3) is 5.91 Å². The maximum Gasteiger partial charge on any atom is 0.251 e. The van der Waals surface area contributed by atoms with E-state index >= 15 is 0 Å². The fourth-order valence-electron chi connectivity index (χ4n) is 1.77. The zero-order chi connectivity index (χ0) is 15.3. The lowest BCUT2D eigenvalue weighted by Gasteiger charge is -2.18. The number of amides is 2. The number of carbonyl (C=O) groups is 2. The van der Waals surface area contributed by atoms with Gasteiger partial charge in [-0.3, -0.25) is 9.59 Å². The Labute approximate surface area is 119 Å². The first-order chi connectivity index (χ1) is 9.40. The highest BCUT2D eigenvalue weighted by atomic mass is 16.2. The fourth-order valence-corrected chi connectivity index (χ4v) is 1.77. The van der Waals surface area contributed by atoms with Crippen LogP contribution < -0.4 is 16.4 Å². The van der Waals surface area contributed by atoms with E-state index in [1.165, 1.54) is 0 Å². The summed E-state index contributed by atoms with van der Waals surface area (Å²) < 4.78 is 0. The monoisotopic (exact) mass is 277 g/mol. The van der Waals surface area contributed by atoms with Crippen LogP contribution in [0.5, 0.6) is 0 Å². The quantitative estimate of drug-likeness (QED) is 0.765. The smallest absolute Gasteiger partial charge is 0.251 e. The summed E-state index contributed by atoms with van der Waals surface area (Å²) in [6.45, 7) is 5.81. The summed E-state index contributed by atoms with van der Waals surface area (Å²) in [5, 5.41) is 5.36. The van der Waals surface area contributed by atoms with Gasteiger partial charge in [0, 0.05) is 18.3 Å². The normalized spacial score (nSPS) is 13.4. The van der Waals surface area contributed by atoms with Crippen LogP contribution in [0.25, 0.3) is 0 Å². The second-order valence-corrected chi connectivity index (χ2v) is 5.01. The van der Waals surface area contributed by atoms with E-state index in [1.54, 1.807) is 25.2 Å². The molecule has 1 aromatic rings. The SMILES string of the molecule is CCC(C)[C@H](N)C(=O)Nc1cc(C(=O)NC)ccc1C. The lowest BCUT2D eigenvalue weighted by molar-refractivity contribution is -0.118. The van der Waals surface area contributed by atoms with Crippen molar-refractivity contribution < 1.29 is 9.59 Å². The van der Waals surface area contributed by atoms with Crippen LogP contribution in [0.2, 0.25) is 0 Å². The zero-order valence-electron chi connectivity index (χ0n) is 12.5. The van der Waals surface area contributed by atoms with Crippen molar-refractivity contribution >= 4 is 17.5 Å². The summed E-state index contributed by atoms with van der Waals surface area (Å²) in [6.07, 6.45) is 0.839.